The fourth-order valence-electron chi connectivity index (χ4n) is 0.784. The summed E-state index contributed by atoms with van der Waals surface area (Å²) in [6.07, 6.45) is 1.33. The lowest BCUT2D eigenvalue weighted by Gasteiger charge is -2.12. The Morgan fingerprint density at radius 3 is 2.71 bits per heavy atom. The summed E-state index contributed by atoms with van der Waals surface area (Å²) in [7, 11) is 0. The average molecular weight is 269 g/mol. The van der Waals surface area contributed by atoms with Gasteiger partial charge in [0, 0.05) is 17.6 Å². The number of hydrogen-bond donors (Lipinski definition) is 1. The Labute approximate surface area is 87.7 Å². The van der Waals surface area contributed by atoms with Gasteiger partial charge in [-0.15, -0.1) is 0 Å². The molecule has 0 fully saturated rings. The van der Waals surface area contributed by atoms with Crippen molar-refractivity contribution in [3.63, 3.8) is 0 Å². The van der Waals surface area contributed by atoms with Crippen molar-refractivity contribution in [1.29, 1.82) is 0 Å². The summed E-state index contributed by atoms with van der Waals surface area (Å²) in [5, 5.41) is 2.22. The van der Waals surface area contributed by atoms with Crippen LogP contribution in [0.5, 0.6) is 0 Å². The van der Waals surface area contributed by atoms with E-state index in [1.807, 2.05) is 0 Å². The molecule has 0 spiro atoms. The number of nitrogens with one attached hydrogen (secondary N) is 1. The van der Waals surface area contributed by atoms with Crippen LogP contribution in [0.4, 0.5) is 19.0 Å². The van der Waals surface area contributed by atoms with Crippen LogP contribution in [0, 0.1) is 5.82 Å². The van der Waals surface area contributed by atoms with E-state index in [-0.39, 0.29) is 5.82 Å². The molecule has 14 heavy (non-hydrogen) atoms. The molecule has 0 aliphatic carbocycles. The lowest BCUT2D eigenvalue weighted by molar-refractivity contribution is 0.0366. The van der Waals surface area contributed by atoms with Crippen LogP contribution in [0.15, 0.2) is 16.7 Å². The molecule has 1 N–H and O–H groups in total. The standard InChI is InChI=1S/C8H8BrF3N2/c1-8(11,12)4-14-7-6(10)2-5(9)3-13-7/h2-3H,4H2,1H3,(H,13,14). The fraction of sp³-hybridized carbons (Fsp3) is 0.375. The minimum Gasteiger partial charge on any atom is -0.362 e. The van der Waals surface area contributed by atoms with Crippen LogP contribution in [0.1, 0.15) is 6.92 Å². The van der Waals surface area contributed by atoms with Crippen molar-refractivity contribution in [1.82, 2.24) is 4.98 Å². The zero-order valence-corrected chi connectivity index (χ0v) is 8.91. The van der Waals surface area contributed by atoms with E-state index in [0.29, 0.717) is 4.47 Å². The topological polar surface area (TPSA) is 24.9 Å². The van der Waals surface area contributed by atoms with Crippen molar-refractivity contribution >= 4 is 21.7 Å². The van der Waals surface area contributed by atoms with Crippen molar-refractivity contribution in [2.24, 2.45) is 0 Å². The second-order valence-electron chi connectivity index (χ2n) is 2.91. The lowest BCUT2D eigenvalue weighted by atomic mass is 10.3. The highest BCUT2D eigenvalue weighted by Crippen LogP contribution is 2.18. The predicted octanol–water partition coefficient (Wildman–Crippen LogP) is 3.05. The molecule has 1 aromatic rings. The van der Waals surface area contributed by atoms with Crippen LogP contribution in [-0.2, 0) is 0 Å². The van der Waals surface area contributed by atoms with Gasteiger partial charge in [0.1, 0.15) is 0 Å². The second-order valence-corrected chi connectivity index (χ2v) is 3.82. The van der Waals surface area contributed by atoms with Gasteiger partial charge in [-0.05, 0) is 22.0 Å². The Kier molecular flexibility index (Phi) is 3.36. The van der Waals surface area contributed by atoms with Crippen molar-refractivity contribution in [3.05, 3.63) is 22.6 Å². The number of halogens is 4. The number of aromatic nitrogens is 1. The summed E-state index contributed by atoms with van der Waals surface area (Å²) in [6.45, 7) is 0.106. The molecule has 0 radical (unpaired) electrons. The van der Waals surface area contributed by atoms with Crippen LogP contribution >= 0.6 is 15.9 Å². The molecule has 0 amide bonds. The summed E-state index contributed by atoms with van der Waals surface area (Å²) >= 11 is 3.01. The van der Waals surface area contributed by atoms with Crippen LogP contribution in [0.3, 0.4) is 0 Å². The highest BCUT2D eigenvalue weighted by atomic mass is 79.9. The van der Waals surface area contributed by atoms with Gasteiger partial charge in [0.2, 0.25) is 0 Å². The van der Waals surface area contributed by atoms with Crippen molar-refractivity contribution < 1.29 is 13.2 Å². The number of nitrogens with zero attached hydrogens (tertiary/aromatic N) is 1. The Hall–Kier alpha value is -0.780. The molecule has 1 rings (SSSR count). The van der Waals surface area contributed by atoms with E-state index in [1.165, 1.54) is 6.20 Å². The molecule has 0 aliphatic rings. The van der Waals surface area contributed by atoms with Gasteiger partial charge in [-0.1, -0.05) is 0 Å². The highest BCUT2D eigenvalue weighted by molar-refractivity contribution is 9.10. The lowest BCUT2D eigenvalue weighted by Crippen LogP contribution is -2.23. The van der Waals surface area contributed by atoms with E-state index in [9.17, 15) is 13.2 Å². The quantitative estimate of drug-likeness (QED) is 0.912. The van der Waals surface area contributed by atoms with Gasteiger partial charge in [-0.25, -0.2) is 18.2 Å². The molecule has 0 saturated carbocycles. The zero-order valence-electron chi connectivity index (χ0n) is 7.32. The number of hydrogen-bond acceptors (Lipinski definition) is 2. The van der Waals surface area contributed by atoms with Gasteiger partial charge in [0.15, 0.2) is 11.6 Å². The molecule has 0 bridgehead atoms. The first-order chi connectivity index (χ1) is 6.38. The largest absolute Gasteiger partial charge is 0.362 e. The van der Waals surface area contributed by atoms with Crippen LogP contribution < -0.4 is 5.32 Å². The van der Waals surface area contributed by atoms with Gasteiger partial charge >= 0.3 is 0 Å². The first-order valence-corrected chi connectivity index (χ1v) is 4.60. The van der Waals surface area contributed by atoms with Crippen molar-refractivity contribution in [3.8, 4) is 0 Å². The van der Waals surface area contributed by atoms with Crippen molar-refractivity contribution in [2.45, 2.75) is 12.8 Å². The van der Waals surface area contributed by atoms with E-state index in [0.717, 1.165) is 13.0 Å². The molecule has 0 atom stereocenters. The smallest absolute Gasteiger partial charge is 0.262 e. The van der Waals surface area contributed by atoms with Crippen LogP contribution in [0.2, 0.25) is 0 Å². The Bertz CT molecular complexity index is 325. The summed E-state index contributed by atoms with van der Waals surface area (Å²) < 4.78 is 38.3. The SMILES string of the molecule is CC(F)(F)CNc1ncc(Br)cc1F. The molecule has 2 nitrogen and oxygen atoms in total. The molecule has 78 valence electrons. The maximum atomic E-state index is 13.0. The Balaban J connectivity index is 2.68. The molecule has 1 aromatic heterocycles. The average Bonchev–Trinajstić information content (AvgIpc) is 2.00. The van der Waals surface area contributed by atoms with Gasteiger partial charge in [-0.3, -0.25) is 0 Å². The molecule has 6 heteroatoms. The Morgan fingerprint density at radius 2 is 2.21 bits per heavy atom. The minimum absolute atomic E-state index is 0.172. The molecule has 0 aromatic carbocycles. The summed E-state index contributed by atoms with van der Waals surface area (Å²) in [6, 6.07) is 1.16. The first kappa shape index (κ1) is 11.3. The third-order valence-electron chi connectivity index (χ3n) is 1.37. The molecular weight excluding hydrogens is 261 g/mol. The van der Waals surface area contributed by atoms with Gasteiger partial charge in [0.25, 0.3) is 5.92 Å². The normalized spacial score (nSPS) is 11.5. The molecular formula is C8H8BrF3N2. The third-order valence-corrected chi connectivity index (χ3v) is 1.81. The monoisotopic (exact) mass is 268 g/mol. The molecule has 0 unspecified atom stereocenters. The molecule has 0 aliphatic heterocycles. The van der Waals surface area contributed by atoms with Crippen LogP contribution in [-0.4, -0.2) is 17.5 Å². The minimum atomic E-state index is -2.89. The van der Waals surface area contributed by atoms with Gasteiger partial charge in [-0.2, -0.15) is 0 Å². The third kappa shape index (κ3) is 3.53. The van der Waals surface area contributed by atoms with E-state index in [1.54, 1.807) is 0 Å². The maximum absolute atomic E-state index is 13.0. The highest BCUT2D eigenvalue weighted by Gasteiger charge is 2.21. The second kappa shape index (κ2) is 4.16. The number of rotatable bonds is 3. The van der Waals surface area contributed by atoms with E-state index in [4.69, 9.17) is 0 Å². The Morgan fingerprint density at radius 1 is 1.57 bits per heavy atom. The van der Waals surface area contributed by atoms with Gasteiger partial charge in [0.05, 0.1) is 6.54 Å². The van der Waals surface area contributed by atoms with E-state index >= 15 is 0 Å². The summed E-state index contributed by atoms with van der Waals surface area (Å²) in [5.41, 5.74) is 0. The first-order valence-electron chi connectivity index (χ1n) is 3.81. The van der Waals surface area contributed by atoms with Crippen molar-refractivity contribution in [2.75, 3.05) is 11.9 Å². The number of pyridine rings is 1. The molecule has 1 heterocycles. The van der Waals surface area contributed by atoms with E-state index < -0.39 is 18.3 Å². The van der Waals surface area contributed by atoms with E-state index in [2.05, 4.69) is 26.2 Å². The fourth-order valence-corrected chi connectivity index (χ4v) is 1.09. The predicted molar refractivity (Wildman–Crippen MR) is 51.0 cm³/mol. The number of anilines is 1. The zero-order chi connectivity index (χ0) is 10.8. The van der Waals surface area contributed by atoms with Crippen LogP contribution in [0.25, 0.3) is 0 Å². The molecule has 0 saturated heterocycles. The maximum Gasteiger partial charge on any atom is 0.262 e. The van der Waals surface area contributed by atoms with Gasteiger partial charge < -0.3 is 5.32 Å². The summed E-state index contributed by atoms with van der Waals surface area (Å²) in [4.78, 5) is 3.61. The summed E-state index contributed by atoms with van der Waals surface area (Å²) in [5.74, 6) is -3.72. The number of alkyl halides is 2.